The molecule has 0 aromatic heterocycles. The van der Waals surface area contributed by atoms with E-state index >= 15 is 0 Å². The second kappa shape index (κ2) is 8.19. The van der Waals surface area contributed by atoms with Gasteiger partial charge in [0.05, 0.1) is 0 Å². The zero-order valence-electron chi connectivity index (χ0n) is 15.3. The maximum atomic E-state index is 11.8. The molecule has 5 nitrogen and oxygen atoms in total. The van der Waals surface area contributed by atoms with Crippen LogP contribution < -0.4 is 10.1 Å². The predicted octanol–water partition coefficient (Wildman–Crippen LogP) is 2.11. The van der Waals surface area contributed by atoms with E-state index in [9.17, 15) is 9.90 Å². The third kappa shape index (κ3) is 4.15. The van der Waals surface area contributed by atoms with Crippen LogP contribution in [0, 0.1) is 12.8 Å². The molecule has 2 aliphatic rings. The van der Waals surface area contributed by atoms with Crippen molar-refractivity contribution >= 4 is 5.91 Å². The normalized spacial score (nSPS) is 28.5. The van der Waals surface area contributed by atoms with Gasteiger partial charge in [0.15, 0.2) is 0 Å². The van der Waals surface area contributed by atoms with Crippen molar-refractivity contribution in [1.29, 1.82) is 0 Å². The molecule has 0 radical (unpaired) electrons. The average molecular weight is 346 g/mol. The van der Waals surface area contributed by atoms with Crippen molar-refractivity contribution in [3.63, 3.8) is 0 Å². The lowest BCUT2D eigenvalue weighted by atomic mass is 9.86. The highest BCUT2D eigenvalue weighted by molar-refractivity contribution is 5.78. The van der Waals surface area contributed by atoms with E-state index < -0.39 is 6.10 Å². The molecule has 3 rings (SSSR count). The first kappa shape index (κ1) is 18.2. The molecule has 1 aromatic rings. The number of aliphatic hydroxyl groups is 1. The third-order valence-corrected chi connectivity index (χ3v) is 5.75. The van der Waals surface area contributed by atoms with Crippen molar-refractivity contribution in [3.8, 4) is 5.75 Å². The van der Waals surface area contributed by atoms with Gasteiger partial charge < -0.3 is 15.2 Å². The summed E-state index contributed by atoms with van der Waals surface area (Å²) in [6.07, 6.45) is 4.05. The largest absolute Gasteiger partial charge is 0.487 e. The fourth-order valence-corrected chi connectivity index (χ4v) is 4.19. The molecule has 25 heavy (non-hydrogen) atoms. The van der Waals surface area contributed by atoms with E-state index in [1.807, 2.05) is 31.2 Å². The zero-order chi connectivity index (χ0) is 17.8. The number of nitrogens with one attached hydrogen (secondary N) is 1. The molecule has 5 heteroatoms. The molecule has 1 aliphatic carbocycles. The molecule has 1 aliphatic heterocycles. The molecule has 0 spiro atoms. The number of likely N-dealkylation sites (tertiary alicyclic amines) is 1. The molecule has 1 saturated carbocycles. The van der Waals surface area contributed by atoms with Crippen molar-refractivity contribution in [1.82, 2.24) is 10.2 Å². The maximum absolute atomic E-state index is 11.8. The highest BCUT2D eigenvalue weighted by Gasteiger charge is 2.38. The number of hydrogen-bond acceptors (Lipinski definition) is 4. The second-order valence-corrected chi connectivity index (χ2v) is 7.34. The Bertz CT molecular complexity index is 584. The summed E-state index contributed by atoms with van der Waals surface area (Å²) in [5, 5.41) is 13.7. The number of aliphatic hydroxyl groups excluding tert-OH is 1. The molecule has 0 unspecified atom stereocenters. The monoisotopic (exact) mass is 346 g/mol. The van der Waals surface area contributed by atoms with Gasteiger partial charge in [0.1, 0.15) is 18.0 Å². The Morgan fingerprint density at radius 3 is 2.60 bits per heavy atom. The lowest BCUT2D eigenvalue weighted by molar-refractivity contribution is -0.126. The summed E-state index contributed by atoms with van der Waals surface area (Å²) < 4.78 is 6.16. The number of amides is 1. The summed E-state index contributed by atoms with van der Waals surface area (Å²) in [4.78, 5) is 14.2. The fourth-order valence-electron chi connectivity index (χ4n) is 4.19. The summed E-state index contributed by atoms with van der Waals surface area (Å²) in [5.74, 6) is 1.12. The van der Waals surface area contributed by atoms with Crippen molar-refractivity contribution in [2.24, 2.45) is 5.92 Å². The van der Waals surface area contributed by atoms with E-state index in [-0.39, 0.29) is 24.0 Å². The number of carbonyl (C=O) groups is 1. The first-order chi connectivity index (χ1) is 12.1. The fraction of sp³-hybridized carbons (Fsp3) is 0.650. The van der Waals surface area contributed by atoms with Gasteiger partial charge in [0, 0.05) is 19.0 Å². The number of para-hydroxylation sites is 1. The van der Waals surface area contributed by atoms with Gasteiger partial charge in [-0.1, -0.05) is 18.2 Å². The van der Waals surface area contributed by atoms with Crippen LogP contribution in [0.3, 0.4) is 0 Å². The van der Waals surface area contributed by atoms with E-state index in [1.54, 1.807) is 7.05 Å². The van der Waals surface area contributed by atoms with Crippen LogP contribution in [-0.4, -0.2) is 54.3 Å². The first-order valence-electron chi connectivity index (χ1n) is 9.46. The van der Waals surface area contributed by atoms with Crippen molar-refractivity contribution < 1.29 is 14.6 Å². The topological polar surface area (TPSA) is 61.8 Å². The van der Waals surface area contributed by atoms with Crippen molar-refractivity contribution in [2.75, 3.05) is 20.1 Å². The zero-order valence-corrected chi connectivity index (χ0v) is 15.3. The third-order valence-electron chi connectivity index (χ3n) is 5.75. The first-order valence-corrected chi connectivity index (χ1v) is 9.46. The van der Waals surface area contributed by atoms with Crippen LogP contribution in [0.15, 0.2) is 24.3 Å². The number of benzene rings is 1. The summed E-state index contributed by atoms with van der Waals surface area (Å²) >= 11 is 0. The quantitative estimate of drug-likeness (QED) is 0.877. The van der Waals surface area contributed by atoms with Crippen LogP contribution in [0.5, 0.6) is 5.75 Å². The molecule has 138 valence electrons. The van der Waals surface area contributed by atoms with Gasteiger partial charge in [-0.15, -0.1) is 0 Å². The number of ether oxygens (including phenoxy) is 1. The van der Waals surface area contributed by atoms with Gasteiger partial charge in [0.25, 0.3) is 0 Å². The van der Waals surface area contributed by atoms with Gasteiger partial charge in [-0.2, -0.15) is 0 Å². The van der Waals surface area contributed by atoms with Crippen LogP contribution in [0.2, 0.25) is 0 Å². The summed E-state index contributed by atoms with van der Waals surface area (Å²) in [6.45, 7) is 3.78. The van der Waals surface area contributed by atoms with Gasteiger partial charge in [-0.25, -0.2) is 0 Å². The SMILES string of the molecule is CNC(=O)C1CCN([C@H]2CCC[C@@H](Oc3ccccc3C)[C@@H]2O)CC1. The molecule has 2 N–H and O–H groups in total. The number of hydrogen-bond donors (Lipinski definition) is 2. The number of carbonyl (C=O) groups excluding carboxylic acids is 1. The summed E-state index contributed by atoms with van der Waals surface area (Å²) in [5.41, 5.74) is 1.10. The second-order valence-electron chi connectivity index (χ2n) is 7.34. The highest BCUT2D eigenvalue weighted by atomic mass is 16.5. The summed E-state index contributed by atoms with van der Waals surface area (Å²) in [6, 6.07) is 8.11. The van der Waals surface area contributed by atoms with Crippen LogP contribution in [0.25, 0.3) is 0 Å². The van der Waals surface area contributed by atoms with Crippen LogP contribution in [-0.2, 0) is 4.79 Å². The van der Waals surface area contributed by atoms with Crippen molar-refractivity contribution in [2.45, 2.75) is 57.3 Å². The minimum atomic E-state index is -0.482. The Morgan fingerprint density at radius 2 is 1.92 bits per heavy atom. The lowest BCUT2D eigenvalue weighted by Gasteiger charge is -2.43. The lowest BCUT2D eigenvalue weighted by Crippen LogP contribution is -2.55. The van der Waals surface area contributed by atoms with Gasteiger partial charge in [-0.05, 0) is 63.7 Å². The van der Waals surface area contributed by atoms with Gasteiger partial charge in [0.2, 0.25) is 5.91 Å². The number of aryl methyl sites for hydroxylation is 1. The van der Waals surface area contributed by atoms with E-state index in [1.165, 1.54) is 0 Å². The van der Waals surface area contributed by atoms with E-state index in [4.69, 9.17) is 4.74 Å². The standard InChI is InChI=1S/C20H30N2O3/c1-14-6-3-4-8-17(14)25-18-9-5-7-16(19(18)23)22-12-10-15(11-13-22)20(24)21-2/h3-4,6,8,15-16,18-19,23H,5,7,9-13H2,1-2H3,(H,21,24)/t16-,18+,19+/m0/s1. The summed E-state index contributed by atoms with van der Waals surface area (Å²) in [7, 11) is 1.70. The number of nitrogens with zero attached hydrogens (tertiary/aromatic N) is 1. The van der Waals surface area contributed by atoms with Crippen LogP contribution >= 0.6 is 0 Å². The number of rotatable bonds is 4. The van der Waals surface area contributed by atoms with E-state index in [2.05, 4.69) is 10.2 Å². The molecule has 1 saturated heterocycles. The molecule has 3 atom stereocenters. The highest BCUT2D eigenvalue weighted by Crippen LogP contribution is 2.31. The Labute approximate surface area is 150 Å². The molecule has 1 amide bonds. The molecular formula is C20H30N2O3. The molecule has 1 aromatic carbocycles. The molecular weight excluding hydrogens is 316 g/mol. The van der Waals surface area contributed by atoms with Gasteiger partial charge in [-0.3, -0.25) is 9.69 Å². The van der Waals surface area contributed by atoms with Crippen LogP contribution in [0.4, 0.5) is 0 Å². The van der Waals surface area contributed by atoms with Crippen molar-refractivity contribution in [3.05, 3.63) is 29.8 Å². The van der Waals surface area contributed by atoms with E-state index in [0.717, 1.165) is 56.5 Å². The average Bonchev–Trinajstić information content (AvgIpc) is 2.65. The maximum Gasteiger partial charge on any atom is 0.222 e. The minimum Gasteiger partial charge on any atom is -0.487 e. The minimum absolute atomic E-state index is 0.112. The van der Waals surface area contributed by atoms with Gasteiger partial charge >= 0.3 is 0 Å². The smallest absolute Gasteiger partial charge is 0.222 e. The van der Waals surface area contributed by atoms with Crippen LogP contribution in [0.1, 0.15) is 37.7 Å². The number of piperidine rings is 1. The Hall–Kier alpha value is -1.59. The van der Waals surface area contributed by atoms with E-state index in [0.29, 0.717) is 0 Å². The Balaban J connectivity index is 1.60. The molecule has 0 bridgehead atoms. The Kier molecular flexibility index (Phi) is 5.97. The Morgan fingerprint density at radius 1 is 1.20 bits per heavy atom. The molecule has 2 fully saturated rings. The molecule has 1 heterocycles. The predicted molar refractivity (Wildman–Crippen MR) is 97.6 cm³/mol.